The van der Waals surface area contributed by atoms with E-state index >= 15 is 0 Å². The van der Waals surface area contributed by atoms with E-state index in [0.29, 0.717) is 23.7 Å². The van der Waals surface area contributed by atoms with Crippen molar-refractivity contribution in [3.63, 3.8) is 0 Å². The van der Waals surface area contributed by atoms with Crippen molar-refractivity contribution in [2.75, 3.05) is 6.61 Å². The molecule has 10 heteroatoms. The van der Waals surface area contributed by atoms with Crippen molar-refractivity contribution >= 4 is 35.5 Å². The number of ether oxygens (including phenoxy) is 2. The molecule has 0 spiro atoms. The molecule has 0 saturated carbocycles. The molecule has 1 aliphatic heterocycles. The minimum absolute atomic E-state index is 0.116. The van der Waals surface area contributed by atoms with Crippen molar-refractivity contribution in [3.05, 3.63) is 88.1 Å². The van der Waals surface area contributed by atoms with Crippen LogP contribution in [0.25, 0.3) is 6.08 Å². The van der Waals surface area contributed by atoms with Crippen LogP contribution in [-0.2, 0) is 22.7 Å². The monoisotopic (exact) mass is 498 g/mol. The van der Waals surface area contributed by atoms with Crippen LogP contribution >= 0.6 is 11.6 Å². The normalized spacial score (nSPS) is 14.9. The lowest BCUT2D eigenvalue weighted by atomic mass is 10.1. The van der Waals surface area contributed by atoms with E-state index in [2.05, 4.69) is 5.32 Å². The highest BCUT2D eigenvalue weighted by Gasteiger charge is 2.36. The second kappa shape index (κ2) is 10.4. The van der Waals surface area contributed by atoms with Crippen LogP contribution in [0.15, 0.2) is 64.8 Å². The quantitative estimate of drug-likeness (QED) is 0.357. The smallest absolute Gasteiger partial charge is 0.331 e. The largest absolute Gasteiger partial charge is 0.490 e. The van der Waals surface area contributed by atoms with E-state index in [-0.39, 0.29) is 35.3 Å². The highest BCUT2D eigenvalue weighted by molar-refractivity contribution is 6.33. The van der Waals surface area contributed by atoms with Crippen molar-refractivity contribution in [2.45, 2.75) is 20.1 Å². The molecule has 1 fully saturated rings. The Kier molecular flexibility index (Phi) is 7.17. The number of benzene rings is 2. The van der Waals surface area contributed by atoms with Gasteiger partial charge in [0.1, 0.15) is 23.8 Å². The fourth-order valence-electron chi connectivity index (χ4n) is 3.37. The number of halogens is 2. The first-order valence-electron chi connectivity index (χ1n) is 10.6. The maximum atomic E-state index is 13.1. The summed E-state index contributed by atoms with van der Waals surface area (Å²) in [5.74, 6) is -1.03. The molecule has 180 valence electrons. The molecule has 0 unspecified atom stereocenters. The van der Waals surface area contributed by atoms with Crippen molar-refractivity contribution in [2.24, 2.45) is 0 Å². The van der Waals surface area contributed by atoms with E-state index in [0.717, 1.165) is 10.5 Å². The number of carbonyl (C=O) groups is 3. The lowest BCUT2D eigenvalue weighted by Gasteiger charge is -2.25. The third kappa shape index (κ3) is 5.52. The summed E-state index contributed by atoms with van der Waals surface area (Å²) in [7, 11) is 0. The molecule has 0 radical (unpaired) electrons. The predicted octanol–water partition coefficient (Wildman–Crippen LogP) is 4.71. The third-order valence-corrected chi connectivity index (χ3v) is 5.30. The summed E-state index contributed by atoms with van der Waals surface area (Å²) in [5, 5.41) is 2.33. The Labute approximate surface area is 204 Å². The molecule has 1 aromatic heterocycles. The summed E-state index contributed by atoms with van der Waals surface area (Å²) in [6.07, 6.45) is 2.73. The van der Waals surface area contributed by atoms with E-state index in [9.17, 15) is 18.8 Å². The van der Waals surface area contributed by atoms with Gasteiger partial charge in [0.2, 0.25) is 0 Å². The maximum Gasteiger partial charge on any atom is 0.331 e. The van der Waals surface area contributed by atoms with E-state index in [1.165, 1.54) is 30.5 Å². The van der Waals surface area contributed by atoms with Gasteiger partial charge in [-0.15, -0.1) is 0 Å². The summed E-state index contributed by atoms with van der Waals surface area (Å²) in [6, 6.07) is 11.3. The van der Waals surface area contributed by atoms with Gasteiger partial charge in [-0.05, 0) is 60.5 Å². The first kappa shape index (κ1) is 24.0. The van der Waals surface area contributed by atoms with Gasteiger partial charge in [-0.2, -0.15) is 0 Å². The summed E-state index contributed by atoms with van der Waals surface area (Å²) in [4.78, 5) is 38.5. The topological polar surface area (TPSA) is 98.1 Å². The van der Waals surface area contributed by atoms with E-state index in [1.54, 1.807) is 37.3 Å². The standard InChI is InChI=1S/C25H20ClFN2O6/c1-2-33-21-12-16(11-20(26)22(21)35-14-15-5-7-17(27)8-6-15)10-19-23(30)28-25(32)29(24(19)31)13-18-4-3-9-34-18/h3-12H,2,13-14H2,1H3,(H,28,30,32)/b19-10+. The number of rotatable bonds is 8. The van der Waals surface area contributed by atoms with Crippen LogP contribution in [0, 0.1) is 5.82 Å². The number of hydrogen-bond donors (Lipinski definition) is 1. The molecular weight excluding hydrogens is 479 g/mol. The third-order valence-electron chi connectivity index (χ3n) is 5.02. The maximum absolute atomic E-state index is 13.1. The fourth-order valence-corrected chi connectivity index (χ4v) is 3.65. The molecule has 1 saturated heterocycles. The predicted molar refractivity (Wildman–Crippen MR) is 124 cm³/mol. The Balaban J connectivity index is 1.61. The molecule has 35 heavy (non-hydrogen) atoms. The van der Waals surface area contributed by atoms with E-state index < -0.39 is 17.8 Å². The zero-order valence-corrected chi connectivity index (χ0v) is 19.3. The zero-order valence-electron chi connectivity index (χ0n) is 18.5. The minimum Gasteiger partial charge on any atom is -0.490 e. The lowest BCUT2D eigenvalue weighted by Crippen LogP contribution is -2.53. The number of barbiturate groups is 1. The van der Waals surface area contributed by atoms with Crippen molar-refractivity contribution in [3.8, 4) is 11.5 Å². The van der Waals surface area contributed by atoms with Crippen LogP contribution in [0.3, 0.4) is 0 Å². The first-order chi connectivity index (χ1) is 16.9. The number of nitrogens with one attached hydrogen (secondary N) is 1. The summed E-state index contributed by atoms with van der Waals surface area (Å²) in [5.41, 5.74) is 0.856. The van der Waals surface area contributed by atoms with Crippen LogP contribution < -0.4 is 14.8 Å². The Hall–Kier alpha value is -4.11. The molecule has 8 nitrogen and oxygen atoms in total. The molecule has 4 rings (SSSR count). The van der Waals surface area contributed by atoms with Crippen LogP contribution in [0.4, 0.5) is 9.18 Å². The summed E-state index contributed by atoms with van der Waals surface area (Å²) < 4.78 is 29.8. The van der Waals surface area contributed by atoms with Gasteiger partial charge in [0.25, 0.3) is 11.8 Å². The second-order valence-electron chi connectivity index (χ2n) is 7.47. The number of nitrogens with zero attached hydrogens (tertiary/aromatic N) is 1. The van der Waals surface area contributed by atoms with Crippen LogP contribution in [-0.4, -0.2) is 29.4 Å². The van der Waals surface area contributed by atoms with Crippen molar-refractivity contribution in [1.29, 1.82) is 0 Å². The molecule has 1 N–H and O–H groups in total. The van der Waals surface area contributed by atoms with Gasteiger partial charge in [0.15, 0.2) is 11.5 Å². The second-order valence-corrected chi connectivity index (χ2v) is 7.87. The van der Waals surface area contributed by atoms with Crippen molar-refractivity contribution in [1.82, 2.24) is 10.2 Å². The SMILES string of the molecule is CCOc1cc(/C=C2\C(=O)NC(=O)N(Cc3ccco3)C2=O)cc(Cl)c1OCc1ccc(F)cc1. The molecule has 1 aliphatic rings. The first-order valence-corrected chi connectivity index (χ1v) is 11.0. The molecule has 0 atom stereocenters. The molecule has 0 bridgehead atoms. The molecule has 2 heterocycles. The van der Waals surface area contributed by atoms with E-state index in [4.69, 9.17) is 25.5 Å². The van der Waals surface area contributed by atoms with Crippen LogP contribution in [0.2, 0.25) is 5.02 Å². The van der Waals surface area contributed by atoms with Gasteiger partial charge in [-0.25, -0.2) is 9.18 Å². The van der Waals surface area contributed by atoms with E-state index in [1.807, 2.05) is 0 Å². The van der Waals surface area contributed by atoms with Gasteiger partial charge in [-0.1, -0.05) is 23.7 Å². The lowest BCUT2D eigenvalue weighted by molar-refractivity contribution is -0.130. The number of amides is 4. The number of furan rings is 1. The van der Waals surface area contributed by atoms with Crippen LogP contribution in [0.5, 0.6) is 11.5 Å². The summed E-state index contributed by atoms with van der Waals surface area (Å²) >= 11 is 6.44. The Bertz CT molecular complexity index is 1290. The highest BCUT2D eigenvalue weighted by Crippen LogP contribution is 2.38. The molecule has 0 aliphatic carbocycles. The molecule has 4 amide bonds. The van der Waals surface area contributed by atoms with Gasteiger partial charge >= 0.3 is 6.03 Å². The average molecular weight is 499 g/mol. The molecule has 2 aromatic carbocycles. The minimum atomic E-state index is -0.842. The van der Waals surface area contributed by atoms with Gasteiger partial charge in [-0.3, -0.25) is 19.8 Å². The average Bonchev–Trinajstić information content (AvgIpc) is 3.34. The van der Waals surface area contributed by atoms with Gasteiger partial charge in [0.05, 0.1) is 24.4 Å². The Morgan fingerprint density at radius 1 is 1.11 bits per heavy atom. The zero-order chi connectivity index (χ0) is 24.9. The number of hydrogen-bond acceptors (Lipinski definition) is 6. The number of imide groups is 2. The number of urea groups is 1. The Morgan fingerprint density at radius 3 is 2.57 bits per heavy atom. The van der Waals surface area contributed by atoms with Gasteiger partial charge < -0.3 is 13.9 Å². The highest BCUT2D eigenvalue weighted by atomic mass is 35.5. The van der Waals surface area contributed by atoms with Crippen LogP contribution in [0.1, 0.15) is 23.8 Å². The molecular formula is C25H20ClFN2O6. The van der Waals surface area contributed by atoms with Gasteiger partial charge in [0, 0.05) is 0 Å². The Morgan fingerprint density at radius 2 is 1.89 bits per heavy atom. The fraction of sp³-hybridized carbons (Fsp3) is 0.160. The van der Waals surface area contributed by atoms with Crippen molar-refractivity contribution < 1.29 is 32.7 Å². The summed E-state index contributed by atoms with van der Waals surface area (Å²) in [6.45, 7) is 2.06. The number of carbonyl (C=O) groups excluding carboxylic acids is 3. The molecule has 3 aromatic rings.